The van der Waals surface area contributed by atoms with Gasteiger partial charge in [0, 0.05) is 0 Å². The molecule has 0 heterocycles. The van der Waals surface area contributed by atoms with E-state index in [0.717, 1.165) is 7.11 Å². The number of carbonyl (C=O) groups excluding carboxylic acids is 1. The molecule has 0 saturated heterocycles. The number of carboxylic acids is 1. The number of esters is 1. The molecule has 0 spiro atoms. The van der Waals surface area contributed by atoms with Gasteiger partial charge in [-0.1, -0.05) is 47.6 Å². The van der Waals surface area contributed by atoms with Crippen LogP contribution in [-0.4, -0.2) is 37.6 Å². The average Bonchev–Trinajstić information content (AvgIpc) is 2.66. The zero-order valence-electron chi connectivity index (χ0n) is 14.4. The van der Waals surface area contributed by atoms with Gasteiger partial charge in [0.05, 0.1) is 18.4 Å². The van der Waals surface area contributed by atoms with Gasteiger partial charge in [0.2, 0.25) is 9.84 Å². The third kappa shape index (κ3) is 5.38. The predicted octanol–water partition coefficient (Wildman–Crippen LogP) is 1.79. The summed E-state index contributed by atoms with van der Waals surface area (Å²) < 4.78 is 29.6. The van der Waals surface area contributed by atoms with Gasteiger partial charge in [-0.25, -0.2) is 13.2 Å². The summed E-state index contributed by atoms with van der Waals surface area (Å²) in [6.45, 7) is -0.113. The van der Waals surface area contributed by atoms with Gasteiger partial charge in [0.1, 0.15) is 6.61 Å². The van der Waals surface area contributed by atoms with Crippen molar-refractivity contribution in [3.8, 4) is 0 Å². The van der Waals surface area contributed by atoms with Crippen LogP contribution in [0.3, 0.4) is 0 Å². The normalized spacial score (nSPS) is 11.7. The maximum Gasteiger partial charge on any atom is 0.372 e. The topological polar surface area (TPSA) is 119 Å². The maximum absolute atomic E-state index is 12.6. The van der Waals surface area contributed by atoms with E-state index in [0.29, 0.717) is 11.1 Å². The Kier molecular flexibility index (Phi) is 6.67. The molecule has 0 aromatic heterocycles. The highest BCUT2D eigenvalue weighted by Gasteiger charge is 2.31. The molecule has 142 valence electrons. The first-order valence-electron chi connectivity index (χ1n) is 7.72. The van der Waals surface area contributed by atoms with Crippen LogP contribution < -0.4 is 0 Å². The van der Waals surface area contributed by atoms with E-state index >= 15 is 0 Å². The molecule has 0 saturated carbocycles. The minimum Gasteiger partial charge on any atom is -0.481 e. The number of rotatable bonds is 6. The Bertz CT molecular complexity index is 935. The lowest BCUT2D eigenvalue weighted by molar-refractivity contribution is -0.136. The van der Waals surface area contributed by atoms with Crippen molar-refractivity contribution in [3.05, 3.63) is 65.7 Å². The average molecular weight is 391 g/mol. The van der Waals surface area contributed by atoms with Crippen LogP contribution in [0.4, 0.5) is 0 Å². The SMILES string of the molecule is COC(=O)/C(=N\OCc1ccc(CC(=O)O)cc1)S(=O)(=O)c1ccccc1. The number of hydrogen-bond donors (Lipinski definition) is 1. The molecule has 0 amide bonds. The Labute approximate surface area is 155 Å². The monoisotopic (exact) mass is 391 g/mol. The molecule has 0 atom stereocenters. The van der Waals surface area contributed by atoms with Crippen LogP contribution in [-0.2, 0) is 42.0 Å². The highest BCUT2D eigenvalue weighted by molar-refractivity contribution is 8.08. The van der Waals surface area contributed by atoms with Gasteiger partial charge in [0.15, 0.2) is 0 Å². The minimum atomic E-state index is -4.20. The van der Waals surface area contributed by atoms with Gasteiger partial charge >= 0.3 is 11.9 Å². The number of sulfone groups is 1. The molecule has 1 N–H and O–H groups in total. The minimum absolute atomic E-state index is 0.110. The zero-order valence-corrected chi connectivity index (χ0v) is 15.2. The summed E-state index contributed by atoms with van der Waals surface area (Å²) in [5, 5.41) is 11.3. The number of carboxylic acid groups (broad SMARTS) is 1. The second-order valence-corrected chi connectivity index (χ2v) is 7.23. The van der Waals surface area contributed by atoms with Gasteiger partial charge in [-0.15, -0.1) is 0 Å². The summed E-state index contributed by atoms with van der Waals surface area (Å²) in [5.41, 5.74) is 1.23. The van der Waals surface area contributed by atoms with Gasteiger partial charge in [-0.2, -0.15) is 0 Å². The summed E-state index contributed by atoms with van der Waals surface area (Å²) >= 11 is 0. The van der Waals surface area contributed by atoms with Gasteiger partial charge < -0.3 is 14.7 Å². The fourth-order valence-corrected chi connectivity index (χ4v) is 3.28. The number of hydrogen-bond acceptors (Lipinski definition) is 7. The third-order valence-electron chi connectivity index (χ3n) is 3.43. The highest BCUT2D eigenvalue weighted by atomic mass is 32.2. The molecular weight excluding hydrogens is 374 g/mol. The molecule has 27 heavy (non-hydrogen) atoms. The molecule has 0 unspecified atom stereocenters. The van der Waals surface area contributed by atoms with Crippen LogP contribution in [0.2, 0.25) is 0 Å². The molecular formula is C18H17NO7S. The maximum atomic E-state index is 12.6. The van der Waals surface area contributed by atoms with E-state index in [1.807, 2.05) is 0 Å². The van der Waals surface area contributed by atoms with E-state index < -0.39 is 26.8 Å². The first-order chi connectivity index (χ1) is 12.8. The number of carbonyl (C=O) groups is 2. The van der Waals surface area contributed by atoms with Crippen LogP contribution in [0.25, 0.3) is 0 Å². The zero-order chi connectivity index (χ0) is 19.9. The number of benzene rings is 2. The largest absolute Gasteiger partial charge is 0.481 e. The van der Waals surface area contributed by atoms with Crippen molar-refractivity contribution in [2.45, 2.75) is 17.9 Å². The molecule has 0 bridgehead atoms. The first-order valence-corrected chi connectivity index (χ1v) is 9.21. The van der Waals surface area contributed by atoms with Crippen molar-refractivity contribution in [2.24, 2.45) is 5.16 Å². The van der Waals surface area contributed by atoms with Crippen LogP contribution in [0, 0.1) is 0 Å². The van der Waals surface area contributed by atoms with Crippen molar-refractivity contribution in [3.63, 3.8) is 0 Å². The van der Waals surface area contributed by atoms with Crippen molar-refractivity contribution in [2.75, 3.05) is 7.11 Å². The van der Waals surface area contributed by atoms with Gasteiger partial charge in [-0.05, 0) is 23.3 Å². The second kappa shape index (κ2) is 8.95. The molecule has 0 radical (unpaired) electrons. The number of oxime groups is 1. The lowest BCUT2D eigenvalue weighted by atomic mass is 10.1. The van der Waals surface area contributed by atoms with Crippen LogP contribution in [0.5, 0.6) is 0 Å². The third-order valence-corrected chi connectivity index (χ3v) is 5.07. The fourth-order valence-electron chi connectivity index (χ4n) is 2.09. The highest BCUT2D eigenvalue weighted by Crippen LogP contribution is 2.14. The number of methoxy groups -OCH3 is 1. The predicted molar refractivity (Wildman–Crippen MR) is 95.6 cm³/mol. The fraction of sp³-hybridized carbons (Fsp3) is 0.167. The molecule has 0 aliphatic rings. The van der Waals surface area contributed by atoms with E-state index in [2.05, 4.69) is 9.89 Å². The van der Waals surface area contributed by atoms with E-state index in [-0.39, 0.29) is 17.9 Å². The molecule has 2 aromatic rings. The Morgan fingerprint density at radius 2 is 1.59 bits per heavy atom. The van der Waals surface area contributed by atoms with E-state index in [9.17, 15) is 18.0 Å². The Balaban J connectivity index is 2.17. The van der Waals surface area contributed by atoms with Crippen molar-refractivity contribution < 1.29 is 32.7 Å². The summed E-state index contributed by atoms with van der Waals surface area (Å²) in [7, 11) is -3.16. The van der Waals surface area contributed by atoms with Crippen LogP contribution >= 0.6 is 0 Å². The van der Waals surface area contributed by atoms with Crippen molar-refractivity contribution in [1.82, 2.24) is 0 Å². The molecule has 9 heteroatoms. The molecule has 2 aromatic carbocycles. The Morgan fingerprint density at radius 3 is 2.15 bits per heavy atom. The van der Waals surface area contributed by atoms with Gasteiger partial charge in [-0.3, -0.25) is 4.79 Å². The van der Waals surface area contributed by atoms with Crippen LogP contribution in [0.15, 0.2) is 64.6 Å². The first kappa shape index (κ1) is 20.1. The molecule has 0 fully saturated rings. The number of ether oxygens (including phenoxy) is 1. The van der Waals surface area contributed by atoms with Gasteiger partial charge in [0.25, 0.3) is 5.04 Å². The summed E-state index contributed by atoms with van der Waals surface area (Å²) in [6.07, 6.45) is -0.110. The number of aliphatic carboxylic acids is 1. The molecule has 8 nitrogen and oxygen atoms in total. The van der Waals surface area contributed by atoms with E-state index in [1.165, 1.54) is 24.3 Å². The van der Waals surface area contributed by atoms with E-state index in [1.54, 1.807) is 30.3 Å². The lowest BCUT2D eigenvalue weighted by Crippen LogP contribution is -2.26. The molecule has 0 aliphatic carbocycles. The standard InChI is InChI=1S/C18H17NO7S/c1-25-18(22)17(27(23,24)15-5-3-2-4-6-15)19-26-12-14-9-7-13(8-10-14)11-16(20)21/h2-10H,11-12H2,1H3,(H,20,21)/b19-17+. The van der Waals surface area contributed by atoms with Crippen molar-refractivity contribution >= 4 is 26.8 Å². The number of nitrogens with zero attached hydrogens (tertiary/aromatic N) is 1. The van der Waals surface area contributed by atoms with Crippen LogP contribution in [0.1, 0.15) is 11.1 Å². The van der Waals surface area contributed by atoms with Crippen molar-refractivity contribution in [1.29, 1.82) is 0 Å². The molecule has 0 aliphatic heterocycles. The quantitative estimate of drug-likeness (QED) is 0.345. The molecule has 2 rings (SSSR count). The smallest absolute Gasteiger partial charge is 0.372 e. The Morgan fingerprint density at radius 1 is 1.00 bits per heavy atom. The summed E-state index contributed by atoms with van der Waals surface area (Å²) in [6, 6.07) is 13.8. The van der Waals surface area contributed by atoms with E-state index in [4.69, 9.17) is 9.94 Å². The summed E-state index contributed by atoms with van der Waals surface area (Å²) in [4.78, 5) is 27.4. The lowest BCUT2D eigenvalue weighted by Gasteiger charge is -2.07. The second-order valence-electron chi connectivity index (χ2n) is 5.36. The Hall–Kier alpha value is -3.20. The summed E-state index contributed by atoms with van der Waals surface area (Å²) in [5.74, 6) is -2.09.